The monoisotopic (exact) mass is 200 g/mol. The second-order valence-corrected chi connectivity index (χ2v) is 3.56. The number of β-amino-alcohol motifs (C(OH)–C–C–N with tert-alkyl or cyclic N) is 1. The van der Waals surface area contributed by atoms with Crippen LogP contribution in [0.4, 0.5) is 0 Å². The van der Waals surface area contributed by atoms with Gasteiger partial charge in [0.05, 0.1) is 25.7 Å². The molecule has 0 aromatic rings. The van der Waals surface area contributed by atoms with E-state index >= 15 is 0 Å². The van der Waals surface area contributed by atoms with E-state index in [9.17, 15) is 14.7 Å². The van der Waals surface area contributed by atoms with Crippen molar-refractivity contribution in [2.24, 2.45) is 0 Å². The number of nitrogens with zero attached hydrogens (tertiary/aromatic N) is 2. The normalized spacial score (nSPS) is 34.6. The fourth-order valence-corrected chi connectivity index (χ4v) is 1.67. The number of hydrogen-bond acceptors (Lipinski definition) is 5. The Bertz CT molecular complexity index is 281. The van der Waals surface area contributed by atoms with Gasteiger partial charge < -0.3 is 5.11 Å². The minimum Gasteiger partial charge on any atom is -0.389 e. The molecule has 0 radical (unpaired) electrons. The average Bonchev–Trinajstić information content (AvgIpc) is 2.66. The first-order valence-corrected chi connectivity index (χ1v) is 4.47. The molecule has 0 aliphatic carbocycles. The van der Waals surface area contributed by atoms with E-state index in [1.165, 1.54) is 12.1 Å². The second-order valence-electron chi connectivity index (χ2n) is 3.56. The molecule has 2 saturated heterocycles. The summed E-state index contributed by atoms with van der Waals surface area (Å²) >= 11 is 0. The predicted molar refractivity (Wildman–Crippen MR) is 44.8 cm³/mol. The van der Waals surface area contributed by atoms with Crippen LogP contribution in [0.1, 0.15) is 6.42 Å². The maximum atomic E-state index is 11.5. The number of hydroxylamine groups is 2. The third kappa shape index (κ3) is 1.41. The molecule has 2 aliphatic rings. The quantitative estimate of drug-likeness (QED) is 0.514. The van der Waals surface area contributed by atoms with Crippen LogP contribution in [0.3, 0.4) is 0 Å². The summed E-state index contributed by atoms with van der Waals surface area (Å²) in [6, 6.07) is -0.551. The van der Waals surface area contributed by atoms with Gasteiger partial charge in [-0.3, -0.25) is 19.3 Å². The Hall–Kier alpha value is -0.980. The van der Waals surface area contributed by atoms with Crippen LogP contribution in [0, 0.1) is 0 Å². The van der Waals surface area contributed by atoms with Crippen LogP contribution in [0.25, 0.3) is 0 Å². The fraction of sp³-hybridized carbons (Fsp3) is 0.750. The van der Waals surface area contributed by atoms with Gasteiger partial charge in [0, 0.05) is 7.05 Å². The second kappa shape index (κ2) is 3.30. The van der Waals surface area contributed by atoms with Crippen LogP contribution in [0.15, 0.2) is 0 Å². The molecule has 2 rings (SSSR count). The molecule has 0 aromatic carbocycles. The van der Waals surface area contributed by atoms with E-state index in [4.69, 9.17) is 4.84 Å². The maximum absolute atomic E-state index is 11.5. The van der Waals surface area contributed by atoms with E-state index in [0.717, 1.165) is 4.90 Å². The van der Waals surface area contributed by atoms with Crippen molar-refractivity contribution in [2.75, 3.05) is 20.2 Å². The highest BCUT2D eigenvalue weighted by molar-refractivity contribution is 6.05. The van der Waals surface area contributed by atoms with Gasteiger partial charge in [-0.2, -0.15) is 5.06 Å². The molecule has 6 nitrogen and oxygen atoms in total. The molecule has 2 amide bonds. The summed E-state index contributed by atoms with van der Waals surface area (Å²) in [7, 11) is 1.46. The molecular formula is C8H12N2O4. The lowest BCUT2D eigenvalue weighted by molar-refractivity contribution is -0.160. The topological polar surface area (TPSA) is 70.1 Å². The summed E-state index contributed by atoms with van der Waals surface area (Å²) in [5.74, 6) is -0.464. The van der Waals surface area contributed by atoms with Crippen LogP contribution in [-0.4, -0.2) is 59.2 Å². The molecule has 1 unspecified atom stereocenters. The van der Waals surface area contributed by atoms with E-state index in [-0.39, 0.29) is 31.4 Å². The van der Waals surface area contributed by atoms with Crippen molar-refractivity contribution in [3.63, 3.8) is 0 Å². The SMILES string of the molecule is CN1C(=O)CC(N2C[C@H](O)CO2)C1=O. The standard InChI is InChI=1S/C8H12N2O4/c1-9-7(12)2-6(8(9)13)10-3-5(11)4-14-10/h5-6,11H,2-4H2,1H3/t5-,6?/m0/s1. The number of imide groups is 1. The molecule has 0 aromatic heterocycles. The van der Waals surface area contributed by atoms with Gasteiger partial charge in [-0.15, -0.1) is 0 Å². The molecule has 1 N–H and O–H groups in total. The summed E-state index contributed by atoms with van der Waals surface area (Å²) in [6.45, 7) is 0.485. The third-order valence-electron chi connectivity index (χ3n) is 2.53. The van der Waals surface area contributed by atoms with Crippen molar-refractivity contribution in [1.82, 2.24) is 9.96 Å². The number of carbonyl (C=O) groups excluding carboxylic acids is 2. The number of likely N-dealkylation sites (N-methyl/N-ethyl adjacent to an activating group) is 1. The lowest BCUT2D eigenvalue weighted by Crippen LogP contribution is -2.39. The Morgan fingerprint density at radius 3 is 2.64 bits per heavy atom. The highest BCUT2D eigenvalue weighted by atomic mass is 16.7. The summed E-state index contributed by atoms with van der Waals surface area (Å²) in [5.41, 5.74) is 0. The molecule has 2 fully saturated rings. The number of rotatable bonds is 1. The van der Waals surface area contributed by atoms with Gasteiger partial charge in [0.1, 0.15) is 6.04 Å². The Morgan fingerprint density at radius 1 is 1.50 bits per heavy atom. The number of aliphatic hydroxyl groups is 1. The number of hydrogen-bond donors (Lipinski definition) is 1. The smallest absolute Gasteiger partial charge is 0.249 e. The fourth-order valence-electron chi connectivity index (χ4n) is 1.67. The number of carbonyl (C=O) groups is 2. The Balaban J connectivity index is 2.06. The molecule has 2 atom stereocenters. The molecule has 14 heavy (non-hydrogen) atoms. The van der Waals surface area contributed by atoms with E-state index < -0.39 is 12.1 Å². The highest BCUT2D eigenvalue weighted by Gasteiger charge is 2.42. The first kappa shape index (κ1) is 9.57. The molecule has 0 spiro atoms. The molecule has 0 bridgehead atoms. The van der Waals surface area contributed by atoms with Crippen LogP contribution in [0.5, 0.6) is 0 Å². The van der Waals surface area contributed by atoms with Crippen molar-refractivity contribution in [3.8, 4) is 0 Å². The van der Waals surface area contributed by atoms with Gasteiger partial charge in [0.15, 0.2) is 0 Å². The summed E-state index contributed by atoms with van der Waals surface area (Å²) in [4.78, 5) is 28.9. The number of aliphatic hydroxyl groups excluding tert-OH is 1. The van der Waals surface area contributed by atoms with Gasteiger partial charge in [0.25, 0.3) is 0 Å². The summed E-state index contributed by atoms with van der Waals surface area (Å²) < 4.78 is 0. The van der Waals surface area contributed by atoms with Gasteiger partial charge in [-0.05, 0) is 0 Å². The first-order chi connectivity index (χ1) is 6.59. The van der Waals surface area contributed by atoms with Crippen LogP contribution in [-0.2, 0) is 14.4 Å². The molecule has 78 valence electrons. The highest BCUT2D eigenvalue weighted by Crippen LogP contribution is 2.20. The number of likely N-dealkylation sites (tertiary alicyclic amines) is 1. The van der Waals surface area contributed by atoms with E-state index in [1.807, 2.05) is 0 Å². The Labute approximate surface area is 81.0 Å². The number of amides is 2. The van der Waals surface area contributed by atoms with Crippen molar-refractivity contribution in [2.45, 2.75) is 18.6 Å². The van der Waals surface area contributed by atoms with E-state index in [1.54, 1.807) is 0 Å². The Morgan fingerprint density at radius 2 is 2.21 bits per heavy atom. The van der Waals surface area contributed by atoms with E-state index in [2.05, 4.69) is 0 Å². The van der Waals surface area contributed by atoms with Crippen molar-refractivity contribution in [3.05, 3.63) is 0 Å². The molecule has 2 aliphatic heterocycles. The molecule has 2 heterocycles. The lowest BCUT2D eigenvalue weighted by atomic mass is 10.2. The largest absolute Gasteiger partial charge is 0.389 e. The summed E-state index contributed by atoms with van der Waals surface area (Å²) in [6.07, 6.45) is -0.425. The molecular weight excluding hydrogens is 188 g/mol. The van der Waals surface area contributed by atoms with Crippen LogP contribution >= 0.6 is 0 Å². The van der Waals surface area contributed by atoms with Gasteiger partial charge in [-0.25, -0.2) is 0 Å². The maximum Gasteiger partial charge on any atom is 0.249 e. The summed E-state index contributed by atoms with van der Waals surface area (Å²) in [5, 5.41) is 10.6. The molecule has 0 saturated carbocycles. The minimum atomic E-state index is -0.566. The van der Waals surface area contributed by atoms with Gasteiger partial charge in [0.2, 0.25) is 11.8 Å². The molecule has 6 heteroatoms. The first-order valence-electron chi connectivity index (χ1n) is 4.47. The average molecular weight is 200 g/mol. The zero-order valence-corrected chi connectivity index (χ0v) is 7.84. The van der Waals surface area contributed by atoms with Crippen LogP contribution < -0.4 is 0 Å². The van der Waals surface area contributed by atoms with Crippen molar-refractivity contribution < 1.29 is 19.5 Å². The van der Waals surface area contributed by atoms with Crippen LogP contribution in [0.2, 0.25) is 0 Å². The van der Waals surface area contributed by atoms with Gasteiger partial charge in [-0.1, -0.05) is 0 Å². The predicted octanol–water partition coefficient (Wildman–Crippen LogP) is -1.65. The zero-order valence-electron chi connectivity index (χ0n) is 7.84. The minimum absolute atomic E-state index is 0.141. The van der Waals surface area contributed by atoms with E-state index in [0.29, 0.717) is 0 Å². The van der Waals surface area contributed by atoms with Crippen molar-refractivity contribution in [1.29, 1.82) is 0 Å². The zero-order chi connectivity index (χ0) is 10.3. The van der Waals surface area contributed by atoms with Crippen molar-refractivity contribution >= 4 is 11.8 Å². The lowest BCUT2D eigenvalue weighted by Gasteiger charge is -2.18. The Kier molecular flexibility index (Phi) is 2.26. The van der Waals surface area contributed by atoms with Gasteiger partial charge >= 0.3 is 0 Å². The third-order valence-corrected chi connectivity index (χ3v) is 2.53.